The van der Waals surface area contributed by atoms with Gasteiger partial charge in [0.1, 0.15) is 16.1 Å². The number of aromatic nitrogens is 2. The summed E-state index contributed by atoms with van der Waals surface area (Å²) in [7, 11) is 0. The Morgan fingerprint density at radius 2 is 1.82 bits per heavy atom. The second kappa shape index (κ2) is 11.3. The largest absolute Gasteiger partial charge is 0.573 e. The van der Waals surface area contributed by atoms with Crippen LogP contribution in [0.1, 0.15) is 24.9 Å². The molecule has 1 aromatic carbocycles. The van der Waals surface area contributed by atoms with Crippen molar-refractivity contribution in [2.45, 2.75) is 12.9 Å². The van der Waals surface area contributed by atoms with Crippen LogP contribution in [0.3, 0.4) is 0 Å². The molecule has 2 aromatic heterocycles. The normalized spacial score (nSPS) is 14.3. The summed E-state index contributed by atoms with van der Waals surface area (Å²) in [5.41, 5.74) is 6.30. The number of halogens is 3. The number of carboxylic acids is 1. The molecule has 1 aliphatic rings. The number of anilines is 1. The third-order valence-corrected chi connectivity index (χ3v) is 6.43. The Labute approximate surface area is 200 Å². The summed E-state index contributed by atoms with van der Waals surface area (Å²) < 4.78 is 39.0. The number of nitrogens with two attached hydrogens (primary N) is 1. The molecule has 1 aliphatic heterocycles. The summed E-state index contributed by atoms with van der Waals surface area (Å²) in [6, 6.07) is 8.47. The molecule has 14 heteroatoms. The first-order chi connectivity index (χ1) is 16.1. The van der Waals surface area contributed by atoms with Crippen molar-refractivity contribution in [3.8, 4) is 5.75 Å². The predicted octanol–water partition coefficient (Wildman–Crippen LogP) is 3.30. The van der Waals surface area contributed by atoms with Crippen molar-refractivity contribution >= 4 is 39.7 Å². The van der Waals surface area contributed by atoms with E-state index in [0.717, 1.165) is 54.9 Å². The van der Waals surface area contributed by atoms with E-state index in [9.17, 15) is 22.8 Å². The van der Waals surface area contributed by atoms with Gasteiger partial charge in [-0.2, -0.15) is 0 Å². The fraction of sp³-hybridized carbons (Fsp3) is 0.300. The molecule has 3 aromatic rings. The van der Waals surface area contributed by atoms with Crippen LogP contribution >= 0.6 is 22.7 Å². The lowest BCUT2D eigenvalue weighted by atomic mass is 10.2. The Balaban J connectivity index is 0.000000204. The van der Waals surface area contributed by atoms with Crippen LogP contribution in [0.2, 0.25) is 0 Å². The van der Waals surface area contributed by atoms with Gasteiger partial charge in [-0.25, -0.2) is 4.79 Å². The zero-order valence-corrected chi connectivity index (χ0v) is 19.2. The summed E-state index contributed by atoms with van der Waals surface area (Å²) in [5.74, 6) is -2.40. The molecular formula is C20H20F3N5O4S2. The van der Waals surface area contributed by atoms with Crippen LogP contribution in [-0.2, 0) is 6.54 Å². The topological polar surface area (TPSA) is 122 Å². The maximum Gasteiger partial charge on any atom is 0.573 e. The van der Waals surface area contributed by atoms with E-state index >= 15 is 0 Å². The van der Waals surface area contributed by atoms with Gasteiger partial charge in [0.15, 0.2) is 0 Å². The number of carbonyl (C=O) groups excluding carboxylic acids is 1. The fourth-order valence-corrected chi connectivity index (χ4v) is 4.59. The van der Waals surface area contributed by atoms with Gasteiger partial charge < -0.3 is 20.5 Å². The Morgan fingerprint density at radius 3 is 2.38 bits per heavy atom. The highest BCUT2D eigenvalue weighted by molar-refractivity contribution is 7.14. The molecule has 1 fully saturated rings. The first-order valence-corrected chi connectivity index (χ1v) is 11.5. The summed E-state index contributed by atoms with van der Waals surface area (Å²) in [6.07, 6.45) is -4.83. The number of nitrogens with zero attached hydrogens (tertiary/aromatic N) is 4. The number of amides is 1. The van der Waals surface area contributed by atoms with Gasteiger partial charge >= 0.3 is 12.3 Å². The number of carbonyl (C=O) groups is 2. The first kappa shape index (κ1) is 25.4. The van der Waals surface area contributed by atoms with Gasteiger partial charge in [-0.1, -0.05) is 23.5 Å². The van der Waals surface area contributed by atoms with Gasteiger partial charge in [-0.15, -0.1) is 34.7 Å². The molecule has 34 heavy (non-hydrogen) atoms. The number of hydrogen-bond donors (Lipinski definition) is 2. The van der Waals surface area contributed by atoms with Gasteiger partial charge in [0, 0.05) is 37.6 Å². The number of para-hydroxylation sites is 1. The lowest BCUT2D eigenvalue weighted by molar-refractivity contribution is -0.274. The molecule has 3 N–H and O–H groups in total. The number of carboxylic acid groups (broad SMARTS) is 1. The van der Waals surface area contributed by atoms with E-state index in [4.69, 9.17) is 10.8 Å². The Kier molecular flexibility index (Phi) is 8.41. The average Bonchev–Trinajstić information content (AvgIpc) is 3.46. The standard InChI is InChI=1S/C12H14N4O2S2.C8H6F3NO2/c17-11(18)10-2-1-9(20-10)7-15-3-5-16(6-4-15)12-14-13-8-19-12;9-8(10,11)14-6-4-2-1-3-5(6)7(12)13/h1-2,8H,3-7H2,(H,17,18);1-4H,(H2,12,13). The molecule has 3 heterocycles. The van der Waals surface area contributed by atoms with Crippen LogP contribution in [0.15, 0.2) is 41.9 Å². The average molecular weight is 516 g/mol. The zero-order valence-electron chi connectivity index (χ0n) is 17.6. The lowest BCUT2D eigenvalue weighted by Gasteiger charge is -2.33. The van der Waals surface area contributed by atoms with Crippen molar-refractivity contribution in [1.29, 1.82) is 0 Å². The highest BCUT2D eigenvalue weighted by Gasteiger charge is 2.32. The minimum Gasteiger partial charge on any atom is -0.477 e. The van der Waals surface area contributed by atoms with Gasteiger partial charge in [0.25, 0.3) is 5.91 Å². The summed E-state index contributed by atoms with van der Waals surface area (Å²) in [4.78, 5) is 27.6. The lowest BCUT2D eigenvalue weighted by Crippen LogP contribution is -2.45. The van der Waals surface area contributed by atoms with Gasteiger partial charge in [0.05, 0.1) is 5.56 Å². The quantitative estimate of drug-likeness (QED) is 0.513. The van der Waals surface area contributed by atoms with E-state index in [1.165, 1.54) is 23.5 Å². The molecule has 0 radical (unpaired) electrons. The molecule has 0 spiro atoms. The van der Waals surface area contributed by atoms with Crippen LogP contribution in [0, 0.1) is 0 Å². The Morgan fingerprint density at radius 1 is 1.12 bits per heavy atom. The van der Waals surface area contributed by atoms with Crippen LogP contribution in [-0.4, -0.2) is 64.6 Å². The molecule has 0 aliphatic carbocycles. The third-order valence-electron chi connectivity index (χ3n) is 4.62. The fourth-order valence-electron chi connectivity index (χ4n) is 3.08. The molecule has 4 rings (SSSR count). The summed E-state index contributed by atoms with van der Waals surface area (Å²) in [5, 5.41) is 17.9. The molecule has 1 saturated heterocycles. The van der Waals surface area contributed by atoms with Crippen molar-refractivity contribution in [1.82, 2.24) is 15.1 Å². The minimum atomic E-state index is -4.83. The van der Waals surface area contributed by atoms with Gasteiger partial charge in [-0.3, -0.25) is 9.69 Å². The molecule has 0 atom stereocenters. The van der Waals surface area contributed by atoms with Crippen molar-refractivity contribution in [2.75, 3.05) is 31.1 Å². The van der Waals surface area contributed by atoms with Crippen LogP contribution in [0.4, 0.5) is 18.3 Å². The maximum atomic E-state index is 11.8. The van der Waals surface area contributed by atoms with E-state index in [-0.39, 0.29) is 5.56 Å². The number of ether oxygens (including phenoxy) is 1. The highest BCUT2D eigenvalue weighted by Crippen LogP contribution is 2.25. The zero-order chi connectivity index (χ0) is 24.7. The van der Waals surface area contributed by atoms with E-state index in [2.05, 4.69) is 24.7 Å². The Hall–Kier alpha value is -3.23. The summed E-state index contributed by atoms with van der Waals surface area (Å²) in [6.45, 7) is 4.61. The van der Waals surface area contributed by atoms with Crippen molar-refractivity contribution in [3.63, 3.8) is 0 Å². The van der Waals surface area contributed by atoms with Crippen molar-refractivity contribution < 1.29 is 32.6 Å². The number of thiophene rings is 1. The number of aromatic carboxylic acids is 1. The summed E-state index contributed by atoms with van der Waals surface area (Å²) >= 11 is 2.92. The highest BCUT2D eigenvalue weighted by atomic mass is 32.1. The second-order valence-corrected chi connectivity index (χ2v) is 8.94. The SMILES string of the molecule is NC(=O)c1ccccc1OC(F)(F)F.O=C(O)c1ccc(CN2CCN(c3nncs3)CC2)s1. The Bertz CT molecular complexity index is 1100. The van der Waals surface area contributed by atoms with Crippen molar-refractivity contribution in [2.24, 2.45) is 5.73 Å². The van der Waals surface area contributed by atoms with Crippen molar-refractivity contribution in [3.05, 3.63) is 57.2 Å². The van der Waals surface area contributed by atoms with E-state index in [1.54, 1.807) is 22.9 Å². The number of primary amides is 1. The molecule has 0 bridgehead atoms. The monoisotopic (exact) mass is 515 g/mol. The van der Waals surface area contributed by atoms with Gasteiger partial charge in [0.2, 0.25) is 5.13 Å². The minimum absolute atomic E-state index is 0.301. The van der Waals surface area contributed by atoms with E-state index in [0.29, 0.717) is 4.88 Å². The molecule has 0 unspecified atom stereocenters. The second-order valence-electron chi connectivity index (χ2n) is 6.96. The molecule has 9 nitrogen and oxygen atoms in total. The molecule has 1 amide bonds. The van der Waals surface area contributed by atoms with Crippen LogP contribution < -0.4 is 15.4 Å². The third kappa shape index (κ3) is 7.40. The number of benzene rings is 1. The molecule has 0 saturated carbocycles. The van der Waals surface area contributed by atoms with Gasteiger partial charge in [-0.05, 0) is 24.3 Å². The van der Waals surface area contributed by atoms with E-state index in [1.807, 2.05) is 6.07 Å². The maximum absolute atomic E-state index is 11.8. The van der Waals surface area contributed by atoms with Crippen LogP contribution in [0.5, 0.6) is 5.75 Å². The number of piperazine rings is 1. The first-order valence-electron chi connectivity index (χ1n) is 9.82. The molecular weight excluding hydrogens is 495 g/mol. The number of rotatable bonds is 6. The number of alkyl halides is 3. The molecule has 182 valence electrons. The predicted molar refractivity (Wildman–Crippen MR) is 120 cm³/mol. The smallest absolute Gasteiger partial charge is 0.477 e. The number of hydrogen-bond acceptors (Lipinski definition) is 9. The van der Waals surface area contributed by atoms with E-state index < -0.39 is 24.0 Å². The van der Waals surface area contributed by atoms with Crippen LogP contribution in [0.25, 0.3) is 0 Å².